The minimum atomic E-state index is 0.519. The van der Waals surface area contributed by atoms with Crippen LogP contribution in [0.4, 0.5) is 11.4 Å². The van der Waals surface area contributed by atoms with E-state index in [-0.39, 0.29) is 0 Å². The molecule has 7 nitrogen and oxygen atoms in total. The van der Waals surface area contributed by atoms with Crippen LogP contribution >= 0.6 is 0 Å². The van der Waals surface area contributed by atoms with E-state index in [1.54, 1.807) is 13.3 Å². The van der Waals surface area contributed by atoms with Crippen molar-refractivity contribution in [3.05, 3.63) is 54.1 Å². The number of hydrogen-bond acceptors (Lipinski definition) is 7. The number of nitrogens with one attached hydrogen (secondary N) is 2. The predicted molar refractivity (Wildman–Crippen MR) is 123 cm³/mol. The summed E-state index contributed by atoms with van der Waals surface area (Å²) in [7, 11) is 3.58. The lowest BCUT2D eigenvalue weighted by Crippen LogP contribution is -2.43. The first-order valence-electron chi connectivity index (χ1n) is 10.3. The Labute approximate surface area is 178 Å². The molecule has 1 aliphatic rings. The van der Waals surface area contributed by atoms with E-state index >= 15 is 0 Å². The number of anilines is 2. The molecule has 1 aromatic carbocycles. The van der Waals surface area contributed by atoms with E-state index in [9.17, 15) is 4.79 Å². The minimum Gasteiger partial charge on any atom is -0.501 e. The van der Waals surface area contributed by atoms with E-state index in [0.29, 0.717) is 5.56 Å². The molecule has 0 spiro atoms. The van der Waals surface area contributed by atoms with Crippen LogP contribution in [0.5, 0.6) is 0 Å². The first kappa shape index (κ1) is 21.6. The van der Waals surface area contributed by atoms with Gasteiger partial charge in [0, 0.05) is 62.6 Å². The minimum absolute atomic E-state index is 0.519. The van der Waals surface area contributed by atoms with Crippen LogP contribution in [0, 0.1) is 0 Å². The third kappa shape index (κ3) is 4.91. The molecule has 160 valence electrons. The molecule has 1 fully saturated rings. The van der Waals surface area contributed by atoms with E-state index in [2.05, 4.69) is 39.3 Å². The molecule has 2 heterocycles. The summed E-state index contributed by atoms with van der Waals surface area (Å²) in [5.74, 6) is 0.924. The Balaban J connectivity index is 1.86. The highest BCUT2D eigenvalue weighted by molar-refractivity contribution is 6.01. The summed E-state index contributed by atoms with van der Waals surface area (Å²) < 4.78 is 5.33. The van der Waals surface area contributed by atoms with E-state index in [1.165, 1.54) is 0 Å². The van der Waals surface area contributed by atoms with Gasteiger partial charge in [-0.15, -0.1) is 0 Å². The third-order valence-electron chi connectivity index (χ3n) is 5.49. The smallest absolute Gasteiger partial charge is 0.153 e. The number of carbonyl (C=O) groups excluding carboxylic acids is 1. The first-order chi connectivity index (χ1) is 14.6. The lowest BCUT2D eigenvalue weighted by molar-refractivity contribution is 0.112. The summed E-state index contributed by atoms with van der Waals surface area (Å²) >= 11 is 0. The van der Waals surface area contributed by atoms with Crippen molar-refractivity contribution in [2.75, 3.05) is 50.7 Å². The largest absolute Gasteiger partial charge is 0.501 e. The van der Waals surface area contributed by atoms with Crippen molar-refractivity contribution in [2.24, 2.45) is 0 Å². The number of fused-ring (bicyclic) bond motifs is 1. The van der Waals surface area contributed by atoms with Gasteiger partial charge >= 0.3 is 0 Å². The molecule has 2 aromatic rings. The molecule has 0 amide bonds. The van der Waals surface area contributed by atoms with Crippen LogP contribution in [0.3, 0.4) is 0 Å². The number of benzene rings is 1. The molecule has 1 aliphatic heterocycles. The van der Waals surface area contributed by atoms with E-state index < -0.39 is 0 Å². The maximum Gasteiger partial charge on any atom is 0.153 e. The van der Waals surface area contributed by atoms with Gasteiger partial charge in [0.1, 0.15) is 0 Å². The number of carbonyl (C=O) groups is 1. The third-order valence-corrected chi connectivity index (χ3v) is 5.49. The number of hydrogen-bond donors (Lipinski definition) is 2. The van der Waals surface area contributed by atoms with Crippen LogP contribution in [0.2, 0.25) is 0 Å². The zero-order valence-corrected chi connectivity index (χ0v) is 18.1. The van der Waals surface area contributed by atoms with Gasteiger partial charge < -0.3 is 15.0 Å². The van der Waals surface area contributed by atoms with Crippen LogP contribution in [-0.2, 0) is 4.74 Å². The molecular weight excluding hydrogens is 378 g/mol. The number of methoxy groups -OCH3 is 1. The van der Waals surface area contributed by atoms with Crippen molar-refractivity contribution >= 4 is 28.6 Å². The fourth-order valence-corrected chi connectivity index (χ4v) is 3.58. The van der Waals surface area contributed by atoms with Crippen molar-refractivity contribution < 1.29 is 9.53 Å². The fraction of sp³-hybridized carbons (Fsp3) is 0.391. The highest BCUT2D eigenvalue weighted by Gasteiger charge is 2.15. The van der Waals surface area contributed by atoms with Crippen molar-refractivity contribution in [3.63, 3.8) is 0 Å². The average Bonchev–Trinajstić information content (AvgIpc) is 2.80. The summed E-state index contributed by atoms with van der Waals surface area (Å²) in [4.78, 5) is 18.6. The zero-order chi connectivity index (χ0) is 21.5. The number of ether oxygens (including phenoxy) is 1. The van der Waals surface area contributed by atoms with Crippen LogP contribution in [0.1, 0.15) is 30.1 Å². The van der Waals surface area contributed by atoms with Gasteiger partial charge in [0.2, 0.25) is 0 Å². The molecule has 7 heteroatoms. The molecular formula is C23H31N5O2. The van der Waals surface area contributed by atoms with Crippen LogP contribution in [0.15, 0.2) is 48.5 Å². The predicted octanol–water partition coefficient (Wildman–Crippen LogP) is 3.56. The molecule has 30 heavy (non-hydrogen) atoms. The van der Waals surface area contributed by atoms with Gasteiger partial charge in [-0.3, -0.25) is 20.2 Å². The van der Waals surface area contributed by atoms with Crippen LogP contribution < -0.4 is 15.6 Å². The standard InChI is InChI=1S/C23H31N5O2/c1-5-20(30-4)8-6-17(2)27(3)26-23-18(16-29)15-25-22-9-7-19(14-21(22)23)28-12-10-24-11-13-28/h5,7,9,14-16,24H,2,6,8,10-13H2,1,3-4H3,(H,25,26)/b20-5+. The normalized spacial score (nSPS) is 14.5. The Kier molecular flexibility index (Phi) is 7.30. The van der Waals surface area contributed by atoms with Gasteiger partial charge in [-0.25, -0.2) is 0 Å². The van der Waals surface area contributed by atoms with Crippen molar-refractivity contribution in [3.8, 4) is 0 Å². The second-order valence-corrected chi connectivity index (χ2v) is 7.34. The fourth-order valence-electron chi connectivity index (χ4n) is 3.58. The molecule has 3 rings (SSSR count). The number of aromatic nitrogens is 1. The van der Waals surface area contributed by atoms with E-state index in [1.807, 2.05) is 31.1 Å². The molecule has 0 aliphatic carbocycles. The van der Waals surface area contributed by atoms with E-state index in [4.69, 9.17) is 4.74 Å². The van der Waals surface area contributed by atoms with Gasteiger partial charge in [0.15, 0.2) is 6.29 Å². The maximum absolute atomic E-state index is 11.7. The summed E-state index contributed by atoms with van der Waals surface area (Å²) in [6.45, 7) is 9.98. The summed E-state index contributed by atoms with van der Waals surface area (Å²) in [6.07, 6.45) is 5.91. The number of nitrogens with zero attached hydrogens (tertiary/aromatic N) is 3. The molecule has 1 aromatic heterocycles. The molecule has 0 bridgehead atoms. The highest BCUT2D eigenvalue weighted by atomic mass is 16.5. The Morgan fingerprint density at radius 2 is 2.13 bits per heavy atom. The van der Waals surface area contributed by atoms with Gasteiger partial charge in [-0.2, -0.15) is 0 Å². The summed E-state index contributed by atoms with van der Waals surface area (Å²) in [6, 6.07) is 6.22. The number of hydrazine groups is 1. The highest BCUT2D eigenvalue weighted by Crippen LogP contribution is 2.30. The number of rotatable bonds is 9. The lowest BCUT2D eigenvalue weighted by Gasteiger charge is -2.30. The van der Waals surface area contributed by atoms with Crippen LogP contribution in [-0.4, -0.2) is 56.6 Å². The molecule has 0 saturated carbocycles. The van der Waals surface area contributed by atoms with Gasteiger partial charge in [-0.1, -0.05) is 6.58 Å². The Hall–Kier alpha value is -3.06. The Bertz CT molecular complexity index is 935. The number of aldehydes is 1. The maximum atomic E-state index is 11.7. The van der Waals surface area contributed by atoms with Crippen LogP contribution in [0.25, 0.3) is 10.9 Å². The topological polar surface area (TPSA) is 69.7 Å². The molecule has 0 unspecified atom stereocenters. The summed E-state index contributed by atoms with van der Waals surface area (Å²) in [5.41, 5.74) is 7.50. The lowest BCUT2D eigenvalue weighted by atomic mass is 10.1. The van der Waals surface area contributed by atoms with Gasteiger partial charge in [0.05, 0.1) is 29.6 Å². The van der Waals surface area contributed by atoms with Crippen molar-refractivity contribution in [1.82, 2.24) is 15.3 Å². The van der Waals surface area contributed by atoms with E-state index in [0.717, 1.165) is 79.0 Å². The molecule has 0 radical (unpaired) electrons. The van der Waals surface area contributed by atoms with Crippen molar-refractivity contribution in [2.45, 2.75) is 19.8 Å². The quantitative estimate of drug-likeness (QED) is 0.373. The zero-order valence-electron chi connectivity index (χ0n) is 18.1. The molecule has 0 atom stereocenters. The Morgan fingerprint density at radius 3 is 2.80 bits per heavy atom. The van der Waals surface area contributed by atoms with Crippen molar-refractivity contribution in [1.29, 1.82) is 0 Å². The molecule has 1 saturated heterocycles. The second kappa shape index (κ2) is 10.1. The number of allylic oxidation sites excluding steroid dienone is 3. The first-order valence-corrected chi connectivity index (χ1v) is 10.3. The Morgan fingerprint density at radius 1 is 1.37 bits per heavy atom. The SMILES string of the molecule is C=C(CC/C(=C\C)OC)N(C)Nc1c(C=O)cnc2ccc(N3CCNCC3)cc12. The van der Waals surface area contributed by atoms with Gasteiger partial charge in [-0.05, 0) is 37.6 Å². The number of piperazine rings is 1. The average molecular weight is 410 g/mol. The number of pyridine rings is 1. The molecule has 2 N–H and O–H groups in total. The summed E-state index contributed by atoms with van der Waals surface area (Å²) in [5, 5.41) is 6.16. The monoisotopic (exact) mass is 409 g/mol. The second-order valence-electron chi connectivity index (χ2n) is 7.34. The van der Waals surface area contributed by atoms with Gasteiger partial charge in [0.25, 0.3) is 0 Å².